The van der Waals surface area contributed by atoms with E-state index in [9.17, 15) is 18.4 Å². The molecule has 2 rings (SSSR count). The Morgan fingerprint density at radius 2 is 2.00 bits per heavy atom. The van der Waals surface area contributed by atoms with Gasteiger partial charge in [-0.2, -0.15) is 0 Å². The van der Waals surface area contributed by atoms with Gasteiger partial charge in [-0.05, 0) is 43.9 Å². The lowest BCUT2D eigenvalue weighted by atomic mass is 9.97. The number of rotatable bonds is 4. The summed E-state index contributed by atoms with van der Waals surface area (Å²) in [6, 6.07) is 3.44. The van der Waals surface area contributed by atoms with Crippen LogP contribution in [0.25, 0.3) is 0 Å². The van der Waals surface area contributed by atoms with E-state index in [1.165, 1.54) is 13.0 Å². The number of halogens is 2. The smallest absolute Gasteiger partial charge is 0.227 e. The zero-order chi connectivity index (χ0) is 15.4. The molecule has 0 spiro atoms. The number of likely N-dealkylation sites (tertiary alicyclic amines) is 1. The van der Waals surface area contributed by atoms with E-state index in [0.717, 1.165) is 31.4 Å². The van der Waals surface area contributed by atoms with Crippen molar-refractivity contribution in [3.05, 3.63) is 35.4 Å². The van der Waals surface area contributed by atoms with Gasteiger partial charge in [0.05, 0.1) is 6.42 Å². The van der Waals surface area contributed by atoms with Gasteiger partial charge < -0.3 is 4.90 Å². The first-order valence-electron chi connectivity index (χ1n) is 7.20. The molecule has 1 aliphatic rings. The Hall–Kier alpha value is -1.78. The van der Waals surface area contributed by atoms with Crippen LogP contribution in [0.3, 0.4) is 0 Å². The van der Waals surface area contributed by atoms with Crippen LogP contribution in [0, 0.1) is 11.6 Å². The highest BCUT2D eigenvalue weighted by molar-refractivity contribution is 5.81. The van der Waals surface area contributed by atoms with Crippen molar-refractivity contribution in [3.8, 4) is 0 Å². The molecule has 1 amide bonds. The van der Waals surface area contributed by atoms with E-state index in [1.54, 1.807) is 4.90 Å². The number of hydrogen-bond donors (Lipinski definition) is 0. The van der Waals surface area contributed by atoms with Crippen LogP contribution in [0.15, 0.2) is 18.2 Å². The monoisotopic (exact) mass is 295 g/mol. The Morgan fingerprint density at radius 3 is 2.67 bits per heavy atom. The van der Waals surface area contributed by atoms with Crippen LogP contribution in [0.5, 0.6) is 0 Å². The average molecular weight is 295 g/mol. The molecule has 1 heterocycles. The van der Waals surface area contributed by atoms with Gasteiger partial charge in [0.2, 0.25) is 5.91 Å². The zero-order valence-corrected chi connectivity index (χ0v) is 12.1. The van der Waals surface area contributed by atoms with Crippen LogP contribution in [0.1, 0.15) is 38.2 Å². The van der Waals surface area contributed by atoms with Crippen molar-refractivity contribution < 1.29 is 18.4 Å². The van der Waals surface area contributed by atoms with Crippen LogP contribution in [0.2, 0.25) is 0 Å². The maximum absolute atomic E-state index is 13.2. The minimum atomic E-state index is -0.945. The summed E-state index contributed by atoms with van der Waals surface area (Å²) in [5, 5.41) is 0. The second kappa shape index (κ2) is 6.78. The number of carbonyl (C=O) groups excluding carboxylic acids is 2. The van der Waals surface area contributed by atoms with E-state index < -0.39 is 11.6 Å². The number of ketones is 1. The number of piperidine rings is 1. The van der Waals surface area contributed by atoms with Crippen LogP contribution in [-0.4, -0.2) is 29.2 Å². The highest BCUT2D eigenvalue weighted by atomic mass is 19.2. The third-order valence-electron chi connectivity index (χ3n) is 3.81. The van der Waals surface area contributed by atoms with Gasteiger partial charge in [0, 0.05) is 19.0 Å². The summed E-state index contributed by atoms with van der Waals surface area (Å²) >= 11 is 0. The van der Waals surface area contributed by atoms with Gasteiger partial charge in [0.25, 0.3) is 0 Å². The SMILES string of the molecule is CC(=O)CC1CCCCN1C(=O)Cc1ccc(F)c(F)c1. The minimum absolute atomic E-state index is 0.0333. The molecule has 5 heteroatoms. The van der Waals surface area contributed by atoms with E-state index in [4.69, 9.17) is 0 Å². The zero-order valence-electron chi connectivity index (χ0n) is 12.1. The molecule has 0 aromatic heterocycles. The van der Waals surface area contributed by atoms with E-state index in [1.807, 2.05) is 0 Å². The van der Waals surface area contributed by atoms with Crippen molar-refractivity contribution in [2.45, 2.75) is 45.1 Å². The molecule has 1 saturated heterocycles. The summed E-state index contributed by atoms with van der Waals surface area (Å²) < 4.78 is 26.1. The Kier molecular flexibility index (Phi) is 5.04. The lowest BCUT2D eigenvalue weighted by Crippen LogP contribution is -2.45. The van der Waals surface area contributed by atoms with Crippen LogP contribution in [0.4, 0.5) is 8.78 Å². The lowest BCUT2D eigenvalue weighted by Gasteiger charge is -2.35. The van der Waals surface area contributed by atoms with Crippen molar-refractivity contribution in [2.75, 3.05) is 6.54 Å². The average Bonchev–Trinajstić information content (AvgIpc) is 2.43. The summed E-state index contributed by atoms with van der Waals surface area (Å²) in [4.78, 5) is 25.4. The Labute approximate surface area is 122 Å². The van der Waals surface area contributed by atoms with Crippen molar-refractivity contribution in [1.29, 1.82) is 0 Å². The highest BCUT2D eigenvalue weighted by Crippen LogP contribution is 2.21. The predicted molar refractivity (Wildman–Crippen MR) is 74.7 cm³/mol. The molecule has 1 atom stereocenters. The Bertz CT molecular complexity index is 545. The molecule has 21 heavy (non-hydrogen) atoms. The third-order valence-corrected chi connectivity index (χ3v) is 3.81. The molecule has 1 aliphatic heterocycles. The lowest BCUT2D eigenvalue weighted by molar-refractivity contribution is -0.135. The quantitative estimate of drug-likeness (QED) is 0.856. The number of amides is 1. The van der Waals surface area contributed by atoms with E-state index >= 15 is 0 Å². The van der Waals surface area contributed by atoms with Gasteiger partial charge in [0.15, 0.2) is 11.6 Å². The number of carbonyl (C=O) groups is 2. The van der Waals surface area contributed by atoms with E-state index in [-0.39, 0.29) is 24.2 Å². The summed E-state index contributed by atoms with van der Waals surface area (Å²) in [7, 11) is 0. The largest absolute Gasteiger partial charge is 0.339 e. The minimum Gasteiger partial charge on any atom is -0.339 e. The summed E-state index contributed by atoms with van der Waals surface area (Å²) in [6.45, 7) is 2.15. The molecule has 1 fully saturated rings. The molecular weight excluding hydrogens is 276 g/mol. The molecule has 0 radical (unpaired) electrons. The standard InChI is InChI=1S/C16H19F2NO2/c1-11(20)8-13-4-2-3-7-19(13)16(21)10-12-5-6-14(17)15(18)9-12/h5-6,9,13H,2-4,7-8,10H2,1H3. The highest BCUT2D eigenvalue weighted by Gasteiger charge is 2.27. The van der Waals surface area contributed by atoms with E-state index in [0.29, 0.717) is 18.5 Å². The first-order valence-corrected chi connectivity index (χ1v) is 7.20. The molecular formula is C16H19F2NO2. The van der Waals surface area contributed by atoms with Gasteiger partial charge >= 0.3 is 0 Å². The third kappa shape index (κ3) is 4.09. The Morgan fingerprint density at radius 1 is 1.24 bits per heavy atom. The van der Waals surface area contributed by atoms with Gasteiger partial charge in [0.1, 0.15) is 5.78 Å². The topological polar surface area (TPSA) is 37.4 Å². The van der Waals surface area contributed by atoms with Crippen molar-refractivity contribution in [3.63, 3.8) is 0 Å². The van der Waals surface area contributed by atoms with Crippen molar-refractivity contribution in [1.82, 2.24) is 4.90 Å². The molecule has 0 N–H and O–H groups in total. The molecule has 1 unspecified atom stereocenters. The fraction of sp³-hybridized carbons (Fsp3) is 0.500. The summed E-state index contributed by atoms with van der Waals surface area (Å²) in [5.41, 5.74) is 0.450. The Balaban J connectivity index is 2.06. The number of Topliss-reactive ketones (excluding diaryl/α,β-unsaturated/α-hetero) is 1. The van der Waals surface area contributed by atoms with Gasteiger partial charge in [-0.1, -0.05) is 6.07 Å². The molecule has 3 nitrogen and oxygen atoms in total. The van der Waals surface area contributed by atoms with Crippen LogP contribution >= 0.6 is 0 Å². The second-order valence-corrected chi connectivity index (χ2v) is 5.57. The molecule has 114 valence electrons. The van der Waals surface area contributed by atoms with E-state index in [2.05, 4.69) is 0 Å². The van der Waals surface area contributed by atoms with Crippen LogP contribution in [-0.2, 0) is 16.0 Å². The fourth-order valence-corrected chi connectivity index (χ4v) is 2.80. The molecule has 0 saturated carbocycles. The van der Waals surface area contributed by atoms with Crippen molar-refractivity contribution >= 4 is 11.7 Å². The van der Waals surface area contributed by atoms with Gasteiger partial charge in [-0.15, -0.1) is 0 Å². The first-order chi connectivity index (χ1) is 9.97. The summed E-state index contributed by atoms with van der Waals surface area (Å²) in [5.74, 6) is -1.93. The molecule has 1 aromatic carbocycles. The van der Waals surface area contributed by atoms with Crippen LogP contribution < -0.4 is 0 Å². The first kappa shape index (κ1) is 15.6. The molecule has 0 aliphatic carbocycles. The van der Waals surface area contributed by atoms with Gasteiger partial charge in [-0.3, -0.25) is 9.59 Å². The predicted octanol–water partition coefficient (Wildman–Crippen LogP) is 2.87. The number of benzene rings is 1. The number of hydrogen-bond acceptors (Lipinski definition) is 2. The van der Waals surface area contributed by atoms with Gasteiger partial charge in [-0.25, -0.2) is 8.78 Å². The summed E-state index contributed by atoms with van der Waals surface area (Å²) in [6.07, 6.45) is 3.14. The fourth-order valence-electron chi connectivity index (χ4n) is 2.80. The maximum Gasteiger partial charge on any atom is 0.227 e. The number of nitrogens with zero attached hydrogens (tertiary/aromatic N) is 1. The maximum atomic E-state index is 13.2. The molecule has 0 bridgehead atoms. The normalized spacial score (nSPS) is 18.6. The second-order valence-electron chi connectivity index (χ2n) is 5.57. The molecule has 1 aromatic rings. The van der Waals surface area contributed by atoms with Crippen molar-refractivity contribution in [2.24, 2.45) is 0 Å².